The number of nitrogen functional groups attached to an aromatic ring is 1. The molecule has 0 unspecified atom stereocenters. The summed E-state index contributed by atoms with van der Waals surface area (Å²) in [6.45, 7) is 0.375. The lowest BCUT2D eigenvalue weighted by molar-refractivity contribution is 0.588. The van der Waals surface area contributed by atoms with Crippen LogP contribution in [-0.2, 0) is 16.6 Å². The summed E-state index contributed by atoms with van der Waals surface area (Å²) in [7, 11) is -2.09. The zero-order valence-corrected chi connectivity index (χ0v) is 12.7. The Balaban J connectivity index is 2.15. The van der Waals surface area contributed by atoms with Crippen LogP contribution in [0.25, 0.3) is 0 Å². The van der Waals surface area contributed by atoms with Crippen LogP contribution in [0.2, 0.25) is 5.15 Å². The molecule has 0 saturated heterocycles. The van der Waals surface area contributed by atoms with E-state index in [1.807, 2.05) is 0 Å². The van der Waals surface area contributed by atoms with Crippen molar-refractivity contribution in [1.82, 2.24) is 14.7 Å². The Morgan fingerprint density at radius 2 is 2.05 bits per heavy atom. The van der Waals surface area contributed by atoms with Crippen LogP contribution >= 0.6 is 11.6 Å². The third kappa shape index (κ3) is 4.03. The minimum absolute atomic E-state index is 0.0662. The van der Waals surface area contributed by atoms with Crippen LogP contribution in [0.15, 0.2) is 35.2 Å². The number of nitrogens with zero attached hydrogens (tertiary/aromatic N) is 2. The van der Waals surface area contributed by atoms with Crippen LogP contribution in [0.1, 0.15) is 5.56 Å². The van der Waals surface area contributed by atoms with Gasteiger partial charge < -0.3 is 11.1 Å². The van der Waals surface area contributed by atoms with E-state index in [-0.39, 0.29) is 16.0 Å². The van der Waals surface area contributed by atoms with Crippen molar-refractivity contribution in [2.24, 2.45) is 0 Å². The van der Waals surface area contributed by atoms with Gasteiger partial charge in [-0.3, -0.25) is 0 Å². The minimum atomic E-state index is -3.46. The minimum Gasteiger partial charge on any atom is -0.368 e. The largest absolute Gasteiger partial charge is 0.368 e. The van der Waals surface area contributed by atoms with Gasteiger partial charge in [0.15, 0.2) is 0 Å². The van der Waals surface area contributed by atoms with E-state index in [0.29, 0.717) is 12.4 Å². The smallest absolute Gasteiger partial charge is 0.240 e. The second kappa shape index (κ2) is 6.25. The van der Waals surface area contributed by atoms with Gasteiger partial charge in [-0.05, 0) is 24.7 Å². The lowest BCUT2D eigenvalue weighted by Crippen LogP contribution is -2.18. The SMILES string of the molecule is CNS(=O)(=O)c1cccc(CNc2cc(Cl)nc(N)n2)c1. The third-order valence-electron chi connectivity index (χ3n) is 2.66. The highest BCUT2D eigenvalue weighted by Gasteiger charge is 2.11. The second-order valence-electron chi connectivity index (χ2n) is 4.14. The summed E-state index contributed by atoms with van der Waals surface area (Å²) < 4.78 is 25.7. The summed E-state index contributed by atoms with van der Waals surface area (Å²) in [5.74, 6) is 0.533. The molecule has 0 amide bonds. The maximum absolute atomic E-state index is 11.7. The summed E-state index contributed by atoms with van der Waals surface area (Å²) in [5, 5.41) is 3.24. The summed E-state index contributed by atoms with van der Waals surface area (Å²) in [6.07, 6.45) is 0. The Hall–Kier alpha value is -1.90. The van der Waals surface area contributed by atoms with Crippen LogP contribution < -0.4 is 15.8 Å². The Morgan fingerprint density at radius 1 is 1.29 bits per heavy atom. The first-order valence-electron chi connectivity index (χ1n) is 5.97. The summed E-state index contributed by atoms with van der Waals surface area (Å²) in [4.78, 5) is 7.93. The van der Waals surface area contributed by atoms with Crippen molar-refractivity contribution < 1.29 is 8.42 Å². The van der Waals surface area contributed by atoms with Gasteiger partial charge in [0.25, 0.3) is 0 Å². The molecule has 1 heterocycles. The molecule has 112 valence electrons. The molecule has 2 aromatic rings. The number of benzene rings is 1. The van der Waals surface area contributed by atoms with E-state index >= 15 is 0 Å². The molecule has 0 aliphatic heterocycles. The van der Waals surface area contributed by atoms with Gasteiger partial charge in [0, 0.05) is 12.6 Å². The number of nitrogens with two attached hydrogens (primary N) is 1. The first-order valence-corrected chi connectivity index (χ1v) is 7.83. The maximum atomic E-state index is 11.7. The predicted molar refractivity (Wildman–Crippen MR) is 81.5 cm³/mol. The molecule has 0 saturated carbocycles. The number of halogens is 1. The molecular weight excluding hydrogens is 314 g/mol. The predicted octanol–water partition coefficient (Wildman–Crippen LogP) is 1.23. The molecule has 0 atom stereocenters. The lowest BCUT2D eigenvalue weighted by Gasteiger charge is -2.08. The average Bonchev–Trinajstić information content (AvgIpc) is 2.44. The van der Waals surface area contributed by atoms with Crippen molar-refractivity contribution in [3.63, 3.8) is 0 Å². The van der Waals surface area contributed by atoms with Gasteiger partial charge in [-0.25, -0.2) is 18.1 Å². The van der Waals surface area contributed by atoms with E-state index in [0.717, 1.165) is 5.56 Å². The van der Waals surface area contributed by atoms with Crippen molar-refractivity contribution in [2.75, 3.05) is 18.1 Å². The van der Waals surface area contributed by atoms with Crippen LogP contribution in [0.3, 0.4) is 0 Å². The van der Waals surface area contributed by atoms with Crippen molar-refractivity contribution in [1.29, 1.82) is 0 Å². The Labute approximate surface area is 127 Å². The van der Waals surface area contributed by atoms with Gasteiger partial charge in [-0.1, -0.05) is 23.7 Å². The molecule has 2 rings (SSSR count). The molecule has 0 aliphatic carbocycles. The number of hydrogen-bond donors (Lipinski definition) is 3. The Kier molecular flexibility index (Phi) is 4.61. The fourth-order valence-electron chi connectivity index (χ4n) is 1.66. The number of aromatic nitrogens is 2. The second-order valence-corrected chi connectivity index (χ2v) is 6.42. The van der Waals surface area contributed by atoms with E-state index in [4.69, 9.17) is 17.3 Å². The first-order chi connectivity index (χ1) is 9.90. The first kappa shape index (κ1) is 15.5. The van der Waals surface area contributed by atoms with Crippen molar-refractivity contribution in [3.05, 3.63) is 41.0 Å². The zero-order chi connectivity index (χ0) is 15.5. The van der Waals surface area contributed by atoms with E-state index in [9.17, 15) is 8.42 Å². The number of nitrogens with one attached hydrogen (secondary N) is 2. The molecule has 0 spiro atoms. The van der Waals surface area contributed by atoms with Gasteiger partial charge in [0.1, 0.15) is 11.0 Å². The van der Waals surface area contributed by atoms with E-state index in [2.05, 4.69) is 20.0 Å². The van der Waals surface area contributed by atoms with Crippen LogP contribution in [0.5, 0.6) is 0 Å². The molecule has 1 aromatic carbocycles. The van der Waals surface area contributed by atoms with Crippen LogP contribution in [-0.4, -0.2) is 25.4 Å². The van der Waals surface area contributed by atoms with Crippen molar-refractivity contribution in [3.8, 4) is 0 Å². The molecule has 0 aliphatic rings. The normalized spacial score (nSPS) is 11.3. The van der Waals surface area contributed by atoms with E-state index < -0.39 is 10.0 Å². The molecule has 21 heavy (non-hydrogen) atoms. The maximum Gasteiger partial charge on any atom is 0.240 e. The zero-order valence-electron chi connectivity index (χ0n) is 11.2. The van der Waals surface area contributed by atoms with Gasteiger partial charge in [0.05, 0.1) is 4.90 Å². The van der Waals surface area contributed by atoms with Gasteiger partial charge in [0.2, 0.25) is 16.0 Å². The topological polar surface area (TPSA) is 110 Å². The fourth-order valence-corrected chi connectivity index (χ4v) is 2.65. The number of hydrogen-bond acceptors (Lipinski definition) is 6. The van der Waals surface area contributed by atoms with Gasteiger partial charge in [-0.15, -0.1) is 0 Å². The average molecular weight is 328 g/mol. The number of sulfonamides is 1. The van der Waals surface area contributed by atoms with Crippen LogP contribution in [0, 0.1) is 0 Å². The van der Waals surface area contributed by atoms with Crippen molar-refractivity contribution >= 4 is 33.4 Å². The molecule has 0 bridgehead atoms. The fraction of sp³-hybridized carbons (Fsp3) is 0.167. The van der Waals surface area contributed by atoms with E-state index in [1.165, 1.54) is 19.2 Å². The standard InChI is InChI=1S/C12H14ClN5O2S/c1-15-21(19,20)9-4-2-3-8(5-9)7-16-11-6-10(13)17-12(14)18-11/h2-6,15H,7H2,1H3,(H3,14,16,17,18). The molecule has 1 aromatic heterocycles. The Morgan fingerprint density at radius 3 is 2.71 bits per heavy atom. The quantitative estimate of drug-likeness (QED) is 0.712. The molecule has 7 nitrogen and oxygen atoms in total. The van der Waals surface area contributed by atoms with E-state index in [1.54, 1.807) is 18.2 Å². The summed E-state index contributed by atoms with van der Waals surface area (Å²) >= 11 is 5.78. The monoisotopic (exact) mass is 327 g/mol. The molecule has 4 N–H and O–H groups in total. The van der Waals surface area contributed by atoms with Gasteiger partial charge in [-0.2, -0.15) is 4.98 Å². The number of anilines is 2. The van der Waals surface area contributed by atoms with Gasteiger partial charge >= 0.3 is 0 Å². The molecular formula is C12H14ClN5O2S. The third-order valence-corrected chi connectivity index (χ3v) is 4.27. The highest BCUT2D eigenvalue weighted by atomic mass is 35.5. The molecule has 9 heteroatoms. The van der Waals surface area contributed by atoms with Crippen LogP contribution in [0.4, 0.5) is 11.8 Å². The highest BCUT2D eigenvalue weighted by molar-refractivity contribution is 7.89. The molecule has 0 fully saturated rings. The Bertz CT molecular complexity index is 731. The highest BCUT2D eigenvalue weighted by Crippen LogP contribution is 2.15. The number of rotatable bonds is 5. The molecule has 0 radical (unpaired) electrons. The summed E-state index contributed by atoms with van der Waals surface area (Å²) in [6, 6.07) is 8.10. The lowest BCUT2D eigenvalue weighted by atomic mass is 10.2. The summed E-state index contributed by atoms with van der Waals surface area (Å²) in [5.41, 5.74) is 6.27. The van der Waals surface area contributed by atoms with Crippen molar-refractivity contribution in [2.45, 2.75) is 11.4 Å².